The molecule has 0 radical (unpaired) electrons. The van der Waals surface area contributed by atoms with E-state index in [0.717, 1.165) is 0 Å². The summed E-state index contributed by atoms with van der Waals surface area (Å²) in [6.45, 7) is 10.4. The predicted octanol–water partition coefficient (Wildman–Crippen LogP) is 5.71. The summed E-state index contributed by atoms with van der Waals surface area (Å²) in [5.74, 6) is 0. The fourth-order valence-corrected chi connectivity index (χ4v) is 2.81. The third-order valence-electron chi connectivity index (χ3n) is 4.19. The summed E-state index contributed by atoms with van der Waals surface area (Å²) in [6.07, 6.45) is 2.26. The molecule has 0 saturated heterocycles. The maximum atomic E-state index is 6.53. The van der Waals surface area contributed by atoms with Gasteiger partial charge in [-0.1, -0.05) is 74.5 Å². The number of rotatable bonds is 2. The van der Waals surface area contributed by atoms with Crippen molar-refractivity contribution in [1.82, 2.24) is 0 Å². The molecular formula is C21H26O. The Balaban J connectivity index is 0.000000847. The molecule has 0 bridgehead atoms. The van der Waals surface area contributed by atoms with E-state index in [9.17, 15) is 0 Å². The van der Waals surface area contributed by atoms with Crippen molar-refractivity contribution in [2.45, 2.75) is 45.8 Å². The minimum atomic E-state index is -0.476. The molecule has 0 N–H and O–H groups in total. The van der Waals surface area contributed by atoms with E-state index < -0.39 is 5.60 Å². The minimum absolute atomic E-state index is 0.244. The zero-order chi connectivity index (χ0) is 16.2. The minimum Gasteiger partial charge on any atom is -0.351 e. The molecule has 1 heterocycles. The Morgan fingerprint density at radius 3 is 1.45 bits per heavy atom. The van der Waals surface area contributed by atoms with Gasteiger partial charge in [-0.25, -0.2) is 0 Å². The number of hydrogen-bond acceptors (Lipinski definition) is 1. The quantitative estimate of drug-likeness (QED) is 0.644. The van der Waals surface area contributed by atoms with Gasteiger partial charge in [0.05, 0.1) is 5.60 Å². The summed E-state index contributed by atoms with van der Waals surface area (Å²) >= 11 is 0. The lowest BCUT2D eigenvalue weighted by Gasteiger charge is -2.33. The smallest absolute Gasteiger partial charge is 0.138 e. The van der Waals surface area contributed by atoms with Crippen molar-refractivity contribution in [3.8, 4) is 0 Å². The number of benzene rings is 2. The van der Waals surface area contributed by atoms with Crippen molar-refractivity contribution in [2.24, 2.45) is 0 Å². The third kappa shape index (κ3) is 2.86. The average molecular weight is 294 g/mol. The highest BCUT2D eigenvalue weighted by molar-refractivity contribution is 5.46. The van der Waals surface area contributed by atoms with Crippen molar-refractivity contribution in [2.75, 3.05) is 0 Å². The van der Waals surface area contributed by atoms with Gasteiger partial charge >= 0.3 is 0 Å². The first kappa shape index (κ1) is 16.5. The second-order valence-corrected chi connectivity index (χ2v) is 5.91. The van der Waals surface area contributed by atoms with Crippen molar-refractivity contribution < 1.29 is 4.74 Å². The van der Waals surface area contributed by atoms with Crippen LogP contribution in [0.5, 0.6) is 0 Å². The lowest BCUT2D eigenvalue weighted by atomic mass is 9.86. The van der Waals surface area contributed by atoms with Crippen LogP contribution in [-0.2, 0) is 10.3 Å². The molecule has 0 fully saturated rings. The lowest BCUT2D eigenvalue weighted by molar-refractivity contribution is -0.0541. The molecule has 2 aromatic rings. The number of hydrogen-bond donors (Lipinski definition) is 0. The van der Waals surface area contributed by atoms with Gasteiger partial charge in [-0.05, 0) is 43.5 Å². The Morgan fingerprint density at radius 2 is 1.14 bits per heavy atom. The standard InChI is InChI=1S/C19H20O.C2H6/c1-15-14-19(20-18(15,2)3,16-10-6-4-7-11-16)17-12-8-5-9-13-17;1-2/h4-14H,1-3H3;1-2H3. The molecule has 1 heteroatoms. The molecule has 0 aliphatic carbocycles. The lowest BCUT2D eigenvalue weighted by Crippen LogP contribution is -2.32. The highest BCUT2D eigenvalue weighted by Gasteiger charge is 2.45. The third-order valence-corrected chi connectivity index (χ3v) is 4.19. The first-order chi connectivity index (χ1) is 10.5. The SMILES string of the molecule is CC.CC1=CC(c2ccccc2)(c2ccccc2)OC1(C)C. The van der Waals surface area contributed by atoms with E-state index in [4.69, 9.17) is 4.74 Å². The fraction of sp³-hybridized carbons (Fsp3) is 0.333. The zero-order valence-corrected chi connectivity index (χ0v) is 14.3. The predicted molar refractivity (Wildman–Crippen MR) is 93.9 cm³/mol. The van der Waals surface area contributed by atoms with Gasteiger partial charge in [-0.2, -0.15) is 0 Å². The van der Waals surface area contributed by atoms with Gasteiger partial charge in [0.15, 0.2) is 0 Å². The molecule has 3 rings (SSSR count). The summed E-state index contributed by atoms with van der Waals surface area (Å²) in [5, 5.41) is 0. The molecule has 0 amide bonds. The molecule has 1 aliphatic rings. The molecule has 0 unspecified atom stereocenters. The van der Waals surface area contributed by atoms with Crippen molar-refractivity contribution in [1.29, 1.82) is 0 Å². The zero-order valence-electron chi connectivity index (χ0n) is 14.3. The van der Waals surface area contributed by atoms with E-state index in [1.807, 2.05) is 26.0 Å². The molecule has 0 spiro atoms. The average Bonchev–Trinajstić information content (AvgIpc) is 2.82. The van der Waals surface area contributed by atoms with E-state index in [0.29, 0.717) is 0 Å². The van der Waals surface area contributed by atoms with Crippen molar-refractivity contribution in [3.63, 3.8) is 0 Å². The maximum Gasteiger partial charge on any atom is 0.138 e. The van der Waals surface area contributed by atoms with Gasteiger partial charge in [-0.3, -0.25) is 0 Å². The van der Waals surface area contributed by atoms with Gasteiger partial charge in [0.1, 0.15) is 5.60 Å². The van der Waals surface area contributed by atoms with Gasteiger partial charge in [0.2, 0.25) is 0 Å². The van der Waals surface area contributed by atoms with Crippen LogP contribution in [0.3, 0.4) is 0 Å². The summed E-state index contributed by atoms with van der Waals surface area (Å²) in [5.41, 5.74) is 2.90. The second-order valence-electron chi connectivity index (χ2n) is 5.91. The van der Waals surface area contributed by atoms with Crippen LogP contribution in [0.25, 0.3) is 0 Å². The van der Waals surface area contributed by atoms with Crippen molar-refractivity contribution >= 4 is 0 Å². The molecule has 22 heavy (non-hydrogen) atoms. The summed E-state index contributed by atoms with van der Waals surface area (Å²) in [6, 6.07) is 20.9. The van der Waals surface area contributed by atoms with Crippen LogP contribution in [0.4, 0.5) is 0 Å². The fourth-order valence-electron chi connectivity index (χ4n) is 2.81. The molecule has 0 saturated carbocycles. The van der Waals surface area contributed by atoms with E-state index in [-0.39, 0.29) is 5.60 Å². The van der Waals surface area contributed by atoms with E-state index in [2.05, 4.69) is 75.4 Å². The molecule has 1 nitrogen and oxygen atoms in total. The van der Waals surface area contributed by atoms with Gasteiger partial charge in [0, 0.05) is 0 Å². The topological polar surface area (TPSA) is 9.23 Å². The van der Waals surface area contributed by atoms with Crippen LogP contribution in [0, 0.1) is 0 Å². The molecular weight excluding hydrogens is 268 g/mol. The van der Waals surface area contributed by atoms with Crippen LogP contribution in [-0.4, -0.2) is 5.60 Å². The normalized spacial score (nSPS) is 18.1. The van der Waals surface area contributed by atoms with Crippen LogP contribution in [0.2, 0.25) is 0 Å². The van der Waals surface area contributed by atoms with Gasteiger partial charge < -0.3 is 4.74 Å². The van der Waals surface area contributed by atoms with Crippen LogP contribution >= 0.6 is 0 Å². The second kappa shape index (κ2) is 6.50. The summed E-state index contributed by atoms with van der Waals surface area (Å²) in [7, 11) is 0. The first-order valence-electron chi connectivity index (χ1n) is 8.06. The highest BCUT2D eigenvalue weighted by Crippen LogP contribution is 2.47. The Hall–Kier alpha value is -1.86. The summed E-state index contributed by atoms with van der Waals surface area (Å²) in [4.78, 5) is 0. The summed E-state index contributed by atoms with van der Waals surface area (Å²) < 4.78 is 6.53. The molecule has 1 aliphatic heterocycles. The van der Waals surface area contributed by atoms with Gasteiger partial charge in [0.25, 0.3) is 0 Å². The molecule has 0 aromatic heterocycles. The Kier molecular flexibility index (Phi) is 4.87. The Bertz CT molecular complexity index is 584. The van der Waals surface area contributed by atoms with Crippen LogP contribution < -0.4 is 0 Å². The molecule has 2 aromatic carbocycles. The van der Waals surface area contributed by atoms with Crippen LogP contribution in [0.1, 0.15) is 45.7 Å². The Morgan fingerprint density at radius 1 is 0.727 bits per heavy atom. The van der Waals surface area contributed by atoms with E-state index >= 15 is 0 Å². The van der Waals surface area contributed by atoms with E-state index in [1.54, 1.807) is 0 Å². The van der Waals surface area contributed by atoms with Crippen LogP contribution in [0.15, 0.2) is 72.3 Å². The molecule has 0 atom stereocenters. The monoisotopic (exact) mass is 294 g/mol. The van der Waals surface area contributed by atoms with Crippen molar-refractivity contribution in [3.05, 3.63) is 83.4 Å². The number of ether oxygens (including phenoxy) is 1. The Labute approximate surface area is 134 Å². The first-order valence-corrected chi connectivity index (χ1v) is 8.06. The molecule has 116 valence electrons. The maximum absolute atomic E-state index is 6.53. The highest BCUT2D eigenvalue weighted by atomic mass is 16.5. The largest absolute Gasteiger partial charge is 0.351 e. The van der Waals surface area contributed by atoms with E-state index in [1.165, 1.54) is 16.7 Å². The van der Waals surface area contributed by atoms with Gasteiger partial charge in [-0.15, -0.1) is 0 Å².